The first-order valence-electron chi connectivity index (χ1n) is 5.62. The monoisotopic (exact) mass is 272 g/mol. The molecule has 94 valence electrons. The molecule has 0 aliphatic rings. The molecule has 0 saturated carbocycles. The highest BCUT2D eigenvalue weighted by molar-refractivity contribution is 7.98. The Morgan fingerprint density at radius 2 is 2.24 bits per heavy atom. The highest BCUT2D eigenvalue weighted by atomic mass is 35.5. The molecule has 1 aromatic heterocycles. The Labute approximate surface area is 111 Å². The third kappa shape index (κ3) is 5.94. The number of amides is 1. The van der Waals surface area contributed by atoms with Crippen LogP contribution in [0.5, 0.6) is 0 Å². The summed E-state index contributed by atoms with van der Waals surface area (Å²) in [4.78, 5) is 15.5. The molecule has 1 heterocycles. The Morgan fingerprint density at radius 1 is 1.41 bits per heavy atom. The normalized spacial score (nSPS) is 10.2. The van der Waals surface area contributed by atoms with E-state index in [1.807, 2.05) is 11.8 Å². The number of aromatic nitrogens is 1. The number of rotatable bonds is 7. The Kier molecular flexibility index (Phi) is 7.05. The summed E-state index contributed by atoms with van der Waals surface area (Å²) in [5.41, 5.74) is 0.554. The molecular formula is C12H17ClN2OS. The van der Waals surface area contributed by atoms with Crippen molar-refractivity contribution < 1.29 is 4.79 Å². The molecule has 0 radical (unpaired) electrons. The van der Waals surface area contributed by atoms with E-state index in [2.05, 4.69) is 16.6 Å². The molecule has 5 heteroatoms. The third-order valence-electron chi connectivity index (χ3n) is 2.30. The molecule has 0 aromatic carbocycles. The van der Waals surface area contributed by atoms with E-state index in [0.29, 0.717) is 10.7 Å². The maximum atomic E-state index is 11.6. The standard InChI is InChI=1S/C12H17ClN2OS/c1-17-8-4-2-3-7-14-12(16)10-5-6-11(13)15-9-10/h5-6,9H,2-4,7-8H2,1H3,(H,14,16). The van der Waals surface area contributed by atoms with E-state index in [1.54, 1.807) is 12.1 Å². The average molecular weight is 273 g/mol. The number of hydrogen-bond donors (Lipinski definition) is 1. The van der Waals surface area contributed by atoms with Crippen LogP contribution < -0.4 is 5.32 Å². The molecule has 1 rings (SSSR count). The van der Waals surface area contributed by atoms with Gasteiger partial charge in [0.1, 0.15) is 5.15 Å². The number of pyridine rings is 1. The molecule has 0 atom stereocenters. The van der Waals surface area contributed by atoms with Crippen molar-refractivity contribution in [2.24, 2.45) is 0 Å². The lowest BCUT2D eigenvalue weighted by atomic mass is 10.2. The molecule has 1 aromatic rings. The van der Waals surface area contributed by atoms with Gasteiger partial charge in [-0.1, -0.05) is 18.0 Å². The van der Waals surface area contributed by atoms with E-state index in [1.165, 1.54) is 18.4 Å². The number of hydrogen-bond acceptors (Lipinski definition) is 3. The molecule has 0 bridgehead atoms. The van der Waals surface area contributed by atoms with Crippen LogP contribution in [0.25, 0.3) is 0 Å². The lowest BCUT2D eigenvalue weighted by Gasteiger charge is -2.04. The summed E-state index contributed by atoms with van der Waals surface area (Å²) in [5, 5.41) is 3.27. The van der Waals surface area contributed by atoms with E-state index in [0.717, 1.165) is 19.4 Å². The second-order valence-electron chi connectivity index (χ2n) is 3.68. The highest BCUT2D eigenvalue weighted by Crippen LogP contribution is 2.05. The lowest BCUT2D eigenvalue weighted by Crippen LogP contribution is -2.24. The van der Waals surface area contributed by atoms with E-state index in [-0.39, 0.29) is 5.91 Å². The van der Waals surface area contributed by atoms with Gasteiger partial charge in [-0.2, -0.15) is 11.8 Å². The van der Waals surface area contributed by atoms with Gasteiger partial charge >= 0.3 is 0 Å². The summed E-state index contributed by atoms with van der Waals surface area (Å²) in [6.07, 6.45) is 6.98. The number of carbonyl (C=O) groups excluding carboxylic acids is 1. The number of nitrogens with zero attached hydrogens (tertiary/aromatic N) is 1. The zero-order chi connectivity index (χ0) is 12.5. The fraction of sp³-hybridized carbons (Fsp3) is 0.500. The van der Waals surface area contributed by atoms with Crippen molar-refractivity contribution in [3.05, 3.63) is 29.0 Å². The van der Waals surface area contributed by atoms with E-state index < -0.39 is 0 Å². The number of carbonyl (C=O) groups is 1. The van der Waals surface area contributed by atoms with Gasteiger partial charge < -0.3 is 5.32 Å². The summed E-state index contributed by atoms with van der Waals surface area (Å²) >= 11 is 7.50. The second-order valence-corrected chi connectivity index (χ2v) is 5.05. The van der Waals surface area contributed by atoms with Crippen LogP contribution in [0, 0.1) is 0 Å². The van der Waals surface area contributed by atoms with E-state index in [4.69, 9.17) is 11.6 Å². The molecule has 1 amide bonds. The van der Waals surface area contributed by atoms with Crippen molar-refractivity contribution in [2.75, 3.05) is 18.6 Å². The third-order valence-corrected chi connectivity index (χ3v) is 3.22. The SMILES string of the molecule is CSCCCCCNC(=O)c1ccc(Cl)nc1. The van der Waals surface area contributed by atoms with Crippen LogP contribution in [0.3, 0.4) is 0 Å². The highest BCUT2D eigenvalue weighted by Gasteiger charge is 2.04. The zero-order valence-corrected chi connectivity index (χ0v) is 11.5. The molecular weight excluding hydrogens is 256 g/mol. The van der Waals surface area contributed by atoms with E-state index in [9.17, 15) is 4.79 Å². The van der Waals surface area contributed by atoms with Crippen LogP contribution in [0.2, 0.25) is 5.15 Å². The minimum absolute atomic E-state index is 0.0842. The molecule has 3 nitrogen and oxygen atoms in total. The minimum atomic E-state index is -0.0842. The van der Waals surface area contributed by atoms with Gasteiger partial charge in [0.05, 0.1) is 5.56 Å². The first kappa shape index (κ1) is 14.3. The van der Waals surface area contributed by atoms with Crippen LogP contribution in [-0.4, -0.2) is 29.4 Å². The van der Waals surface area contributed by atoms with Crippen molar-refractivity contribution in [2.45, 2.75) is 19.3 Å². The summed E-state index contributed by atoms with van der Waals surface area (Å²) in [6, 6.07) is 3.30. The van der Waals surface area contributed by atoms with Gasteiger partial charge in [-0.15, -0.1) is 0 Å². The molecule has 1 N–H and O–H groups in total. The Balaban J connectivity index is 2.19. The Morgan fingerprint density at radius 3 is 2.88 bits per heavy atom. The van der Waals surface area contributed by atoms with Crippen LogP contribution in [0.4, 0.5) is 0 Å². The van der Waals surface area contributed by atoms with Crippen LogP contribution in [0.15, 0.2) is 18.3 Å². The van der Waals surface area contributed by atoms with Crippen molar-refractivity contribution in [3.8, 4) is 0 Å². The molecule has 0 aliphatic carbocycles. The van der Waals surface area contributed by atoms with E-state index >= 15 is 0 Å². The average Bonchev–Trinajstić information content (AvgIpc) is 2.34. The van der Waals surface area contributed by atoms with Gasteiger partial charge in [-0.3, -0.25) is 4.79 Å². The van der Waals surface area contributed by atoms with Crippen molar-refractivity contribution in [1.82, 2.24) is 10.3 Å². The van der Waals surface area contributed by atoms with Crippen LogP contribution in [0.1, 0.15) is 29.6 Å². The molecule has 0 fully saturated rings. The van der Waals surface area contributed by atoms with Crippen LogP contribution >= 0.6 is 23.4 Å². The van der Waals surface area contributed by atoms with Gasteiger partial charge in [0, 0.05) is 12.7 Å². The van der Waals surface area contributed by atoms with Crippen molar-refractivity contribution in [1.29, 1.82) is 0 Å². The number of thioether (sulfide) groups is 1. The summed E-state index contributed by atoms with van der Waals surface area (Å²) in [5.74, 6) is 1.11. The number of halogens is 1. The molecule has 0 aliphatic heterocycles. The smallest absolute Gasteiger partial charge is 0.252 e. The van der Waals surface area contributed by atoms with Crippen LogP contribution in [-0.2, 0) is 0 Å². The predicted molar refractivity (Wildman–Crippen MR) is 73.8 cm³/mol. The first-order chi connectivity index (χ1) is 8.24. The largest absolute Gasteiger partial charge is 0.352 e. The number of nitrogens with one attached hydrogen (secondary N) is 1. The second kappa shape index (κ2) is 8.37. The summed E-state index contributed by atoms with van der Waals surface area (Å²) in [7, 11) is 0. The molecule has 0 unspecified atom stereocenters. The van der Waals surface area contributed by atoms with Gasteiger partial charge in [0.2, 0.25) is 0 Å². The zero-order valence-electron chi connectivity index (χ0n) is 9.91. The lowest BCUT2D eigenvalue weighted by molar-refractivity contribution is 0.0952. The van der Waals surface area contributed by atoms with Gasteiger partial charge in [-0.25, -0.2) is 4.98 Å². The predicted octanol–water partition coefficient (Wildman–Crippen LogP) is 3.00. The van der Waals surface area contributed by atoms with Crippen molar-refractivity contribution >= 4 is 29.3 Å². The molecule has 0 spiro atoms. The molecule has 0 saturated heterocycles. The number of unbranched alkanes of at least 4 members (excludes halogenated alkanes) is 2. The van der Waals surface area contributed by atoms with Gasteiger partial charge in [0.15, 0.2) is 0 Å². The quantitative estimate of drug-likeness (QED) is 0.613. The Hall–Kier alpha value is -0.740. The van der Waals surface area contributed by atoms with Gasteiger partial charge in [0.25, 0.3) is 5.91 Å². The van der Waals surface area contributed by atoms with Crippen molar-refractivity contribution in [3.63, 3.8) is 0 Å². The maximum Gasteiger partial charge on any atom is 0.252 e. The minimum Gasteiger partial charge on any atom is -0.352 e. The fourth-order valence-electron chi connectivity index (χ4n) is 1.36. The summed E-state index contributed by atoms with van der Waals surface area (Å²) < 4.78 is 0. The summed E-state index contributed by atoms with van der Waals surface area (Å²) in [6.45, 7) is 0.718. The first-order valence-corrected chi connectivity index (χ1v) is 7.40. The topological polar surface area (TPSA) is 42.0 Å². The maximum absolute atomic E-state index is 11.6. The molecule has 17 heavy (non-hydrogen) atoms. The fourth-order valence-corrected chi connectivity index (χ4v) is 1.97. The Bertz CT molecular complexity index is 343. The van der Waals surface area contributed by atoms with Gasteiger partial charge in [-0.05, 0) is 37.0 Å².